The standard InChI is InChI=1S/C24H16BrClN2O4/c25-16-5-1-14(2-6-16)4-10-22(29)27-17-7-8-18(19(26)13-17)24-28-20-9-3-15(12-23(30)31)11-21(20)32-24/h1-11,13H,12H2,(H,27,29)(H,30,31). The molecule has 0 saturated heterocycles. The van der Waals surface area contributed by atoms with Gasteiger partial charge in [0.2, 0.25) is 11.8 Å². The van der Waals surface area contributed by atoms with Crippen LogP contribution in [0.1, 0.15) is 11.1 Å². The number of hydrogen-bond acceptors (Lipinski definition) is 4. The second-order valence-corrected chi connectivity index (χ2v) is 8.28. The number of hydrogen-bond donors (Lipinski definition) is 2. The molecular formula is C24H16BrClN2O4. The molecule has 2 N–H and O–H groups in total. The molecule has 0 fully saturated rings. The highest BCUT2D eigenvalue weighted by Crippen LogP contribution is 2.32. The molecule has 1 amide bonds. The number of amides is 1. The molecule has 3 aromatic carbocycles. The molecule has 32 heavy (non-hydrogen) atoms. The lowest BCUT2D eigenvalue weighted by atomic mass is 10.1. The lowest BCUT2D eigenvalue weighted by Gasteiger charge is -2.05. The summed E-state index contributed by atoms with van der Waals surface area (Å²) in [7, 11) is 0. The van der Waals surface area contributed by atoms with Crippen molar-refractivity contribution in [3.8, 4) is 11.5 Å². The predicted molar refractivity (Wildman–Crippen MR) is 128 cm³/mol. The fourth-order valence-electron chi connectivity index (χ4n) is 3.06. The van der Waals surface area contributed by atoms with Crippen molar-refractivity contribution in [2.45, 2.75) is 6.42 Å². The van der Waals surface area contributed by atoms with Crippen molar-refractivity contribution in [1.82, 2.24) is 4.98 Å². The Morgan fingerprint density at radius 2 is 1.88 bits per heavy atom. The van der Waals surface area contributed by atoms with Crippen molar-refractivity contribution in [2.24, 2.45) is 0 Å². The minimum Gasteiger partial charge on any atom is -0.481 e. The van der Waals surface area contributed by atoms with E-state index in [4.69, 9.17) is 21.1 Å². The Hall–Kier alpha value is -3.42. The largest absolute Gasteiger partial charge is 0.481 e. The second kappa shape index (κ2) is 9.38. The number of nitrogens with zero attached hydrogens (tertiary/aromatic N) is 1. The second-order valence-electron chi connectivity index (χ2n) is 6.96. The topological polar surface area (TPSA) is 92.4 Å². The van der Waals surface area contributed by atoms with E-state index in [1.165, 1.54) is 6.08 Å². The van der Waals surface area contributed by atoms with E-state index in [-0.39, 0.29) is 12.3 Å². The number of aromatic nitrogens is 1. The molecule has 0 aliphatic carbocycles. The van der Waals surface area contributed by atoms with Crippen molar-refractivity contribution in [1.29, 1.82) is 0 Å². The summed E-state index contributed by atoms with van der Waals surface area (Å²) in [5.41, 5.74) is 3.69. The highest BCUT2D eigenvalue weighted by Gasteiger charge is 2.14. The van der Waals surface area contributed by atoms with Gasteiger partial charge in [-0.05, 0) is 59.7 Å². The molecule has 0 aliphatic rings. The van der Waals surface area contributed by atoms with Gasteiger partial charge in [0.25, 0.3) is 0 Å². The van der Waals surface area contributed by atoms with Gasteiger partial charge >= 0.3 is 5.97 Å². The maximum absolute atomic E-state index is 12.2. The summed E-state index contributed by atoms with van der Waals surface area (Å²) in [6.45, 7) is 0. The third-order valence-corrected chi connectivity index (χ3v) is 5.41. The van der Waals surface area contributed by atoms with Crippen molar-refractivity contribution >= 4 is 62.3 Å². The van der Waals surface area contributed by atoms with E-state index in [1.807, 2.05) is 24.3 Å². The number of aliphatic carboxylic acids is 1. The molecule has 1 heterocycles. The molecule has 0 saturated carbocycles. The van der Waals surface area contributed by atoms with E-state index in [1.54, 1.807) is 42.5 Å². The molecule has 0 aliphatic heterocycles. The number of rotatable bonds is 6. The number of nitrogens with one attached hydrogen (secondary N) is 1. The van der Waals surface area contributed by atoms with Crippen LogP contribution in [0.15, 0.2) is 75.6 Å². The van der Waals surface area contributed by atoms with Crippen LogP contribution in [0, 0.1) is 0 Å². The summed E-state index contributed by atoms with van der Waals surface area (Å²) < 4.78 is 6.75. The number of oxazole rings is 1. The maximum atomic E-state index is 12.2. The Kier molecular flexibility index (Phi) is 6.39. The first-order valence-electron chi connectivity index (χ1n) is 9.53. The zero-order valence-electron chi connectivity index (χ0n) is 16.5. The van der Waals surface area contributed by atoms with Gasteiger partial charge in [0.15, 0.2) is 5.58 Å². The van der Waals surface area contributed by atoms with E-state index < -0.39 is 5.97 Å². The fourth-order valence-corrected chi connectivity index (χ4v) is 3.59. The molecule has 8 heteroatoms. The lowest BCUT2D eigenvalue weighted by molar-refractivity contribution is -0.136. The van der Waals surface area contributed by atoms with Gasteiger partial charge in [0.1, 0.15) is 5.52 Å². The number of fused-ring (bicyclic) bond motifs is 1. The molecule has 6 nitrogen and oxygen atoms in total. The monoisotopic (exact) mass is 510 g/mol. The van der Waals surface area contributed by atoms with Crippen LogP contribution in [0.4, 0.5) is 5.69 Å². The summed E-state index contributed by atoms with van der Waals surface area (Å²) >= 11 is 9.78. The van der Waals surface area contributed by atoms with Crippen molar-refractivity contribution < 1.29 is 19.1 Å². The number of carbonyl (C=O) groups excluding carboxylic acids is 1. The minimum absolute atomic E-state index is 0.0998. The van der Waals surface area contributed by atoms with Crippen LogP contribution in [-0.4, -0.2) is 22.0 Å². The van der Waals surface area contributed by atoms with Crippen LogP contribution < -0.4 is 5.32 Å². The molecule has 0 unspecified atom stereocenters. The zero-order valence-corrected chi connectivity index (χ0v) is 18.9. The molecule has 4 rings (SSSR count). The number of carboxylic acids is 1. The van der Waals surface area contributed by atoms with Crippen LogP contribution in [0.2, 0.25) is 5.02 Å². The lowest BCUT2D eigenvalue weighted by Crippen LogP contribution is -2.07. The van der Waals surface area contributed by atoms with Crippen LogP contribution in [0.5, 0.6) is 0 Å². The minimum atomic E-state index is -0.920. The summed E-state index contributed by atoms with van der Waals surface area (Å²) in [6.07, 6.45) is 3.06. The first-order chi connectivity index (χ1) is 15.4. The number of carbonyl (C=O) groups is 2. The van der Waals surface area contributed by atoms with E-state index in [9.17, 15) is 9.59 Å². The Morgan fingerprint density at radius 1 is 1.09 bits per heavy atom. The number of benzene rings is 3. The Labute approximate surface area is 196 Å². The predicted octanol–water partition coefficient (Wildman–Crippen LogP) is 6.19. The van der Waals surface area contributed by atoms with Gasteiger partial charge in [0, 0.05) is 16.2 Å². The number of anilines is 1. The number of carboxylic acid groups (broad SMARTS) is 1. The van der Waals surface area contributed by atoms with E-state index in [2.05, 4.69) is 26.2 Å². The normalized spacial score (nSPS) is 11.2. The van der Waals surface area contributed by atoms with Crippen LogP contribution in [-0.2, 0) is 16.0 Å². The quantitative estimate of drug-likeness (QED) is 0.301. The van der Waals surface area contributed by atoms with E-state index in [0.29, 0.717) is 38.8 Å². The zero-order chi connectivity index (χ0) is 22.7. The van der Waals surface area contributed by atoms with Gasteiger partial charge in [-0.3, -0.25) is 9.59 Å². The molecule has 0 spiro atoms. The van der Waals surface area contributed by atoms with Crippen molar-refractivity contribution in [3.63, 3.8) is 0 Å². The molecule has 160 valence electrons. The van der Waals surface area contributed by atoms with Gasteiger partial charge in [-0.2, -0.15) is 0 Å². The van der Waals surface area contributed by atoms with Gasteiger partial charge in [-0.15, -0.1) is 0 Å². The molecule has 0 radical (unpaired) electrons. The molecular weight excluding hydrogens is 496 g/mol. The molecule has 0 bridgehead atoms. The van der Waals surface area contributed by atoms with E-state index in [0.717, 1.165) is 10.0 Å². The smallest absolute Gasteiger partial charge is 0.307 e. The average Bonchev–Trinajstić information content (AvgIpc) is 3.16. The molecule has 0 atom stereocenters. The van der Waals surface area contributed by atoms with Gasteiger partial charge < -0.3 is 14.8 Å². The van der Waals surface area contributed by atoms with Crippen LogP contribution in [0.25, 0.3) is 28.6 Å². The fraction of sp³-hybridized carbons (Fsp3) is 0.0417. The Bertz CT molecular complexity index is 1350. The first kappa shape index (κ1) is 21.8. The molecule has 4 aromatic rings. The van der Waals surface area contributed by atoms with Gasteiger partial charge in [0.05, 0.1) is 17.0 Å². The summed E-state index contributed by atoms with van der Waals surface area (Å²) in [4.78, 5) is 27.6. The average molecular weight is 512 g/mol. The summed E-state index contributed by atoms with van der Waals surface area (Å²) in [6, 6.07) is 17.7. The number of halogens is 2. The SMILES string of the molecule is O=C(O)Cc1ccc2nc(-c3ccc(NC(=O)C=Cc4ccc(Br)cc4)cc3Cl)oc2c1. The third-order valence-electron chi connectivity index (χ3n) is 4.57. The van der Waals surface area contributed by atoms with Crippen LogP contribution >= 0.6 is 27.5 Å². The maximum Gasteiger partial charge on any atom is 0.307 e. The highest BCUT2D eigenvalue weighted by atomic mass is 79.9. The summed E-state index contributed by atoms with van der Waals surface area (Å²) in [5, 5.41) is 12.1. The third kappa shape index (κ3) is 5.25. The van der Waals surface area contributed by atoms with Crippen molar-refractivity contribution in [3.05, 3.63) is 87.4 Å². The van der Waals surface area contributed by atoms with Gasteiger partial charge in [-0.25, -0.2) is 4.98 Å². The Balaban J connectivity index is 1.49. The highest BCUT2D eigenvalue weighted by molar-refractivity contribution is 9.10. The van der Waals surface area contributed by atoms with Gasteiger partial charge in [-0.1, -0.05) is 45.7 Å². The Morgan fingerprint density at radius 3 is 2.59 bits per heavy atom. The van der Waals surface area contributed by atoms with E-state index >= 15 is 0 Å². The summed E-state index contributed by atoms with van der Waals surface area (Å²) in [5.74, 6) is -0.897. The van der Waals surface area contributed by atoms with Crippen LogP contribution in [0.3, 0.4) is 0 Å². The molecule has 1 aromatic heterocycles. The van der Waals surface area contributed by atoms with Crippen molar-refractivity contribution in [2.75, 3.05) is 5.32 Å². The first-order valence-corrected chi connectivity index (χ1v) is 10.7.